The van der Waals surface area contributed by atoms with E-state index in [4.69, 9.17) is 4.74 Å². The minimum Gasteiger partial charge on any atom is -0.483 e. The molecule has 1 aromatic rings. The van der Waals surface area contributed by atoms with Crippen LogP contribution in [0.1, 0.15) is 10.4 Å². The second-order valence-corrected chi connectivity index (χ2v) is 3.40. The number of carbonyl (C=O) groups excluding carboxylic acids is 1. The molecule has 0 fully saturated rings. The fraction of sp³-hybridized carbons (Fsp3) is 0.222. The van der Waals surface area contributed by atoms with Gasteiger partial charge in [-0.15, -0.1) is 11.8 Å². The molecule has 0 bridgehead atoms. The Balaban J connectivity index is 2.58. The van der Waals surface area contributed by atoms with Crippen molar-refractivity contribution in [2.75, 3.05) is 12.9 Å². The highest BCUT2D eigenvalue weighted by atomic mass is 32.2. The first-order valence-electron chi connectivity index (χ1n) is 3.66. The van der Waals surface area contributed by atoms with Gasteiger partial charge in [0.2, 0.25) is 5.78 Å². The molecule has 0 saturated heterocycles. The maximum atomic E-state index is 11.2. The Hall–Kier alpha value is -0.960. The van der Waals surface area contributed by atoms with Crippen LogP contribution in [-0.4, -0.2) is 18.6 Å². The number of benzene rings is 1. The van der Waals surface area contributed by atoms with E-state index in [-0.39, 0.29) is 12.4 Å². The second-order valence-electron chi connectivity index (χ2n) is 2.55. The zero-order valence-electron chi connectivity index (χ0n) is 6.66. The minimum atomic E-state index is 0.0842. The molecule has 0 radical (unpaired) electrons. The standard InChI is InChI=1S/C9H8O2S/c1-12-8-4-2-3-6-7(10)5-11-9(6)8/h2-4H,5H2,1H3. The van der Waals surface area contributed by atoms with Gasteiger partial charge in [0.15, 0.2) is 6.61 Å². The summed E-state index contributed by atoms with van der Waals surface area (Å²) in [4.78, 5) is 12.2. The van der Waals surface area contributed by atoms with Crippen molar-refractivity contribution in [3.8, 4) is 5.75 Å². The number of ketones is 1. The van der Waals surface area contributed by atoms with Gasteiger partial charge in [-0.05, 0) is 18.4 Å². The van der Waals surface area contributed by atoms with E-state index in [9.17, 15) is 4.79 Å². The predicted molar refractivity (Wildman–Crippen MR) is 48.0 cm³/mol. The highest BCUT2D eigenvalue weighted by Crippen LogP contribution is 2.34. The third kappa shape index (κ3) is 1.01. The Morgan fingerprint density at radius 3 is 3.08 bits per heavy atom. The maximum absolute atomic E-state index is 11.2. The number of para-hydroxylation sites is 1. The molecule has 0 atom stereocenters. The number of carbonyl (C=O) groups is 1. The molecule has 0 aliphatic carbocycles. The van der Waals surface area contributed by atoms with Crippen LogP contribution in [0.25, 0.3) is 0 Å². The zero-order chi connectivity index (χ0) is 8.55. The van der Waals surface area contributed by atoms with Crippen LogP contribution in [0, 0.1) is 0 Å². The van der Waals surface area contributed by atoms with Crippen molar-refractivity contribution in [2.24, 2.45) is 0 Å². The van der Waals surface area contributed by atoms with Gasteiger partial charge in [0.05, 0.1) is 5.56 Å². The van der Waals surface area contributed by atoms with E-state index in [1.807, 2.05) is 24.5 Å². The summed E-state index contributed by atoms with van der Waals surface area (Å²) in [6.45, 7) is 0.201. The van der Waals surface area contributed by atoms with Gasteiger partial charge in [0.1, 0.15) is 5.75 Å². The quantitative estimate of drug-likeness (QED) is 0.618. The molecule has 1 aromatic carbocycles. The molecule has 62 valence electrons. The Labute approximate surface area is 74.9 Å². The van der Waals surface area contributed by atoms with Crippen molar-refractivity contribution in [1.82, 2.24) is 0 Å². The van der Waals surface area contributed by atoms with Gasteiger partial charge in [-0.1, -0.05) is 6.07 Å². The van der Waals surface area contributed by atoms with E-state index in [0.717, 1.165) is 16.2 Å². The first kappa shape index (κ1) is 7.68. The lowest BCUT2D eigenvalue weighted by Gasteiger charge is -2.02. The third-order valence-corrected chi connectivity index (χ3v) is 2.61. The van der Waals surface area contributed by atoms with Crippen LogP contribution >= 0.6 is 11.8 Å². The van der Waals surface area contributed by atoms with Crippen LogP contribution in [0.3, 0.4) is 0 Å². The molecule has 0 amide bonds. The predicted octanol–water partition coefficient (Wildman–Crippen LogP) is 1.98. The molecule has 0 unspecified atom stereocenters. The van der Waals surface area contributed by atoms with E-state index in [1.54, 1.807) is 11.8 Å². The molecule has 0 N–H and O–H groups in total. The highest BCUT2D eigenvalue weighted by molar-refractivity contribution is 7.98. The van der Waals surface area contributed by atoms with E-state index < -0.39 is 0 Å². The summed E-state index contributed by atoms with van der Waals surface area (Å²) >= 11 is 1.60. The number of hydrogen-bond acceptors (Lipinski definition) is 3. The Bertz CT molecular complexity index is 333. The van der Waals surface area contributed by atoms with Gasteiger partial charge in [-0.3, -0.25) is 4.79 Å². The van der Waals surface area contributed by atoms with E-state index in [1.165, 1.54) is 0 Å². The molecule has 1 aliphatic heterocycles. The summed E-state index contributed by atoms with van der Waals surface area (Å²) in [5.74, 6) is 0.843. The summed E-state index contributed by atoms with van der Waals surface area (Å²) in [6.07, 6.45) is 1.97. The van der Waals surface area contributed by atoms with Crippen LogP contribution in [0.2, 0.25) is 0 Å². The summed E-state index contributed by atoms with van der Waals surface area (Å²) in [7, 11) is 0. The molecule has 3 heteroatoms. The molecule has 0 spiro atoms. The minimum absolute atomic E-state index is 0.0842. The molecule has 2 nitrogen and oxygen atoms in total. The smallest absolute Gasteiger partial charge is 0.203 e. The van der Waals surface area contributed by atoms with Crippen molar-refractivity contribution in [3.63, 3.8) is 0 Å². The second kappa shape index (κ2) is 2.83. The topological polar surface area (TPSA) is 26.3 Å². The number of thioether (sulfide) groups is 1. The number of Topliss-reactive ketones (excluding diaryl/α,β-unsaturated/α-hetero) is 1. The lowest BCUT2D eigenvalue weighted by atomic mass is 10.1. The van der Waals surface area contributed by atoms with E-state index in [2.05, 4.69) is 0 Å². The van der Waals surface area contributed by atoms with Crippen LogP contribution in [0.5, 0.6) is 5.75 Å². The first-order chi connectivity index (χ1) is 5.83. The van der Waals surface area contributed by atoms with E-state index >= 15 is 0 Å². The van der Waals surface area contributed by atoms with Crippen LogP contribution in [0.4, 0.5) is 0 Å². The van der Waals surface area contributed by atoms with Gasteiger partial charge in [0, 0.05) is 4.90 Å². The Morgan fingerprint density at radius 1 is 1.50 bits per heavy atom. The summed E-state index contributed by atoms with van der Waals surface area (Å²) < 4.78 is 5.26. The molecule has 1 aliphatic rings. The van der Waals surface area contributed by atoms with Crippen molar-refractivity contribution in [2.45, 2.75) is 4.90 Å². The summed E-state index contributed by atoms with van der Waals surface area (Å²) in [5.41, 5.74) is 0.724. The lowest BCUT2D eigenvalue weighted by molar-refractivity contribution is 0.0960. The van der Waals surface area contributed by atoms with Gasteiger partial charge >= 0.3 is 0 Å². The maximum Gasteiger partial charge on any atom is 0.203 e. The third-order valence-electron chi connectivity index (χ3n) is 1.85. The average molecular weight is 180 g/mol. The van der Waals surface area contributed by atoms with Gasteiger partial charge < -0.3 is 4.74 Å². The molecule has 2 rings (SSSR count). The highest BCUT2D eigenvalue weighted by Gasteiger charge is 2.22. The molecule has 1 heterocycles. The number of fused-ring (bicyclic) bond motifs is 1. The Kier molecular flexibility index (Phi) is 1.81. The molecular weight excluding hydrogens is 172 g/mol. The zero-order valence-corrected chi connectivity index (χ0v) is 7.48. The van der Waals surface area contributed by atoms with Crippen LogP contribution in [-0.2, 0) is 0 Å². The fourth-order valence-corrected chi connectivity index (χ4v) is 1.83. The number of ether oxygens (including phenoxy) is 1. The van der Waals surface area contributed by atoms with Crippen molar-refractivity contribution in [1.29, 1.82) is 0 Å². The van der Waals surface area contributed by atoms with E-state index in [0.29, 0.717) is 0 Å². The van der Waals surface area contributed by atoms with Crippen molar-refractivity contribution < 1.29 is 9.53 Å². The Morgan fingerprint density at radius 2 is 2.33 bits per heavy atom. The average Bonchev–Trinajstić information content (AvgIpc) is 2.48. The molecule has 12 heavy (non-hydrogen) atoms. The molecular formula is C9H8O2S. The number of rotatable bonds is 1. The first-order valence-corrected chi connectivity index (χ1v) is 4.88. The van der Waals surface area contributed by atoms with Gasteiger partial charge in [-0.25, -0.2) is 0 Å². The monoisotopic (exact) mass is 180 g/mol. The van der Waals surface area contributed by atoms with Crippen molar-refractivity contribution in [3.05, 3.63) is 23.8 Å². The fourth-order valence-electron chi connectivity index (χ4n) is 1.26. The lowest BCUT2D eigenvalue weighted by Crippen LogP contribution is -1.98. The van der Waals surface area contributed by atoms with Crippen LogP contribution in [0.15, 0.2) is 23.1 Å². The summed E-state index contributed by atoms with van der Waals surface area (Å²) in [6, 6.07) is 5.66. The van der Waals surface area contributed by atoms with Crippen molar-refractivity contribution >= 4 is 17.5 Å². The molecule has 0 aromatic heterocycles. The SMILES string of the molecule is CSc1cccc2c1OCC2=O. The normalized spacial score (nSPS) is 14.2. The largest absolute Gasteiger partial charge is 0.483 e. The van der Waals surface area contributed by atoms with Crippen LogP contribution < -0.4 is 4.74 Å². The molecule has 0 saturated carbocycles. The number of hydrogen-bond donors (Lipinski definition) is 0. The summed E-state index contributed by atoms with van der Waals surface area (Å²) in [5, 5.41) is 0. The van der Waals surface area contributed by atoms with Gasteiger partial charge in [0.25, 0.3) is 0 Å². The van der Waals surface area contributed by atoms with Gasteiger partial charge in [-0.2, -0.15) is 0 Å².